The minimum atomic E-state index is -4.64. The van der Waals surface area contributed by atoms with Crippen molar-refractivity contribution in [2.75, 3.05) is 60.4 Å². The van der Waals surface area contributed by atoms with Gasteiger partial charge in [-0.3, -0.25) is 14.5 Å². The maximum atomic E-state index is 13.6. The van der Waals surface area contributed by atoms with Crippen molar-refractivity contribution in [1.82, 2.24) is 19.6 Å². The molecule has 0 bridgehead atoms. The van der Waals surface area contributed by atoms with Gasteiger partial charge in [0.25, 0.3) is 5.91 Å². The van der Waals surface area contributed by atoms with E-state index in [0.29, 0.717) is 23.0 Å². The van der Waals surface area contributed by atoms with Crippen LogP contribution < -0.4 is 0 Å². The Bertz CT molecular complexity index is 1280. The normalized spacial score (nSPS) is 18.7. The van der Waals surface area contributed by atoms with Crippen LogP contribution in [0, 0.1) is 0 Å². The van der Waals surface area contributed by atoms with Crippen LogP contribution in [0.25, 0.3) is 0 Å². The Hall–Kier alpha value is -2.33. The topological polar surface area (TPSA) is 47.1 Å². The second kappa shape index (κ2) is 14.2. The van der Waals surface area contributed by atoms with E-state index in [4.69, 9.17) is 23.2 Å². The smallest absolute Gasteiger partial charge is 0.347 e. The number of rotatable bonds is 9. The van der Waals surface area contributed by atoms with E-state index in [9.17, 15) is 22.8 Å². The Kier molecular flexibility index (Phi) is 11.1. The number of alkyl halides is 3. The monoisotopic (exact) mass is 640 g/mol. The van der Waals surface area contributed by atoms with E-state index in [0.717, 1.165) is 63.5 Å². The van der Waals surface area contributed by atoms with Gasteiger partial charge in [-0.15, -0.1) is 0 Å². The first-order valence-electron chi connectivity index (χ1n) is 14.9. The molecular formula is C32H41Cl2F3N4O2. The molecule has 0 aromatic heterocycles. The van der Waals surface area contributed by atoms with Crippen LogP contribution >= 0.6 is 23.2 Å². The summed E-state index contributed by atoms with van der Waals surface area (Å²) in [6.07, 6.45) is 0.914. The second-order valence-electron chi connectivity index (χ2n) is 12.0. The molecule has 6 nitrogen and oxygen atoms in total. The van der Waals surface area contributed by atoms with Crippen molar-refractivity contribution in [2.45, 2.75) is 56.2 Å². The number of carbonyl (C=O) groups excluding carboxylic acids is 2. The van der Waals surface area contributed by atoms with E-state index < -0.39 is 23.2 Å². The van der Waals surface area contributed by atoms with Gasteiger partial charge in [0.05, 0.1) is 21.2 Å². The molecule has 43 heavy (non-hydrogen) atoms. The van der Waals surface area contributed by atoms with E-state index in [1.807, 2.05) is 20.2 Å². The van der Waals surface area contributed by atoms with Gasteiger partial charge in [-0.1, -0.05) is 47.8 Å². The summed E-state index contributed by atoms with van der Waals surface area (Å²) in [5.74, 6) is -0.717. The van der Waals surface area contributed by atoms with Crippen molar-refractivity contribution >= 4 is 35.0 Å². The standard InChI is InChI=1S/C32H41Cl2F3N4O2/c1-38(2)30(43)31(41-16-7-4-8-17-41)14-19-40(20-15-31)18-13-24(23-11-12-27(33)28(34)21-23)22-39(3)29(42)25-9-5-6-10-26(25)32(35,36)37/h5-6,9-12,21,24H,4,7-8,13-20,22H2,1-3H3. The molecule has 0 radical (unpaired) electrons. The number of halogens is 5. The third-order valence-electron chi connectivity index (χ3n) is 8.96. The van der Waals surface area contributed by atoms with Crippen LogP contribution in [0.4, 0.5) is 13.2 Å². The molecule has 2 aliphatic rings. The lowest BCUT2D eigenvalue weighted by Gasteiger charge is -2.50. The first-order valence-corrected chi connectivity index (χ1v) is 15.6. The summed E-state index contributed by atoms with van der Waals surface area (Å²) in [6.45, 7) is 4.31. The zero-order chi connectivity index (χ0) is 31.4. The average molecular weight is 642 g/mol. The highest BCUT2D eigenvalue weighted by Crippen LogP contribution is 2.36. The molecule has 0 aliphatic carbocycles. The molecule has 1 unspecified atom stereocenters. The van der Waals surface area contributed by atoms with Crippen LogP contribution in [0.2, 0.25) is 10.0 Å². The summed E-state index contributed by atoms with van der Waals surface area (Å²) in [5, 5.41) is 0.787. The van der Waals surface area contributed by atoms with Crippen LogP contribution in [0.5, 0.6) is 0 Å². The quantitative estimate of drug-likeness (QED) is 0.307. The zero-order valence-corrected chi connectivity index (χ0v) is 26.6. The van der Waals surface area contributed by atoms with Crippen molar-refractivity contribution in [1.29, 1.82) is 0 Å². The van der Waals surface area contributed by atoms with Gasteiger partial charge in [0.1, 0.15) is 5.54 Å². The van der Waals surface area contributed by atoms with Gasteiger partial charge < -0.3 is 14.7 Å². The van der Waals surface area contributed by atoms with Crippen LogP contribution in [0.15, 0.2) is 42.5 Å². The predicted molar refractivity (Wildman–Crippen MR) is 165 cm³/mol. The number of piperidine rings is 2. The average Bonchev–Trinajstić information content (AvgIpc) is 3.00. The number of carbonyl (C=O) groups is 2. The fourth-order valence-corrected chi connectivity index (χ4v) is 6.86. The lowest BCUT2D eigenvalue weighted by Crippen LogP contribution is -2.64. The van der Waals surface area contributed by atoms with Gasteiger partial charge in [-0.05, 0) is 81.6 Å². The molecule has 0 saturated carbocycles. The fraction of sp³-hybridized carbons (Fsp3) is 0.562. The summed E-state index contributed by atoms with van der Waals surface area (Å²) in [5.41, 5.74) is -0.945. The molecular weight excluding hydrogens is 600 g/mol. The third kappa shape index (κ3) is 7.85. The number of hydrogen-bond acceptors (Lipinski definition) is 4. The fourth-order valence-electron chi connectivity index (χ4n) is 6.55. The summed E-state index contributed by atoms with van der Waals surface area (Å²) >= 11 is 12.5. The highest BCUT2D eigenvalue weighted by Gasteiger charge is 2.47. The molecule has 2 fully saturated rings. The lowest BCUT2D eigenvalue weighted by atomic mass is 9.82. The summed E-state index contributed by atoms with van der Waals surface area (Å²) in [4.78, 5) is 34.5. The molecule has 4 rings (SSSR count). The molecule has 236 valence electrons. The highest BCUT2D eigenvalue weighted by atomic mass is 35.5. The van der Waals surface area contributed by atoms with E-state index in [-0.39, 0.29) is 23.9 Å². The first kappa shape index (κ1) is 33.6. The van der Waals surface area contributed by atoms with Gasteiger partial charge in [0.15, 0.2) is 0 Å². The van der Waals surface area contributed by atoms with Gasteiger partial charge in [-0.2, -0.15) is 13.2 Å². The summed E-state index contributed by atoms with van der Waals surface area (Å²) in [7, 11) is 5.18. The van der Waals surface area contributed by atoms with Crippen LogP contribution in [-0.2, 0) is 11.0 Å². The van der Waals surface area contributed by atoms with Crippen LogP contribution in [-0.4, -0.2) is 97.4 Å². The van der Waals surface area contributed by atoms with Crippen molar-refractivity contribution in [2.24, 2.45) is 0 Å². The third-order valence-corrected chi connectivity index (χ3v) is 9.70. The van der Waals surface area contributed by atoms with Crippen LogP contribution in [0.1, 0.15) is 65.9 Å². The molecule has 2 amide bonds. The zero-order valence-electron chi connectivity index (χ0n) is 25.1. The highest BCUT2D eigenvalue weighted by molar-refractivity contribution is 6.42. The van der Waals surface area contributed by atoms with E-state index in [1.54, 1.807) is 17.0 Å². The first-order chi connectivity index (χ1) is 20.3. The number of hydrogen-bond donors (Lipinski definition) is 0. The van der Waals surface area contributed by atoms with Gasteiger partial charge in [0.2, 0.25) is 5.91 Å². The summed E-state index contributed by atoms with van der Waals surface area (Å²) in [6, 6.07) is 10.2. The minimum Gasteiger partial charge on any atom is -0.347 e. The SMILES string of the molecule is CN(C)C(=O)C1(N2CCCCC2)CCN(CCC(CN(C)C(=O)c2ccccc2C(F)(F)F)c2ccc(Cl)c(Cl)c2)CC1. The molecule has 2 aliphatic heterocycles. The molecule has 1 atom stereocenters. The largest absolute Gasteiger partial charge is 0.417 e. The van der Waals surface area contributed by atoms with Gasteiger partial charge >= 0.3 is 6.18 Å². The van der Waals surface area contributed by atoms with E-state index in [2.05, 4.69) is 9.80 Å². The number of likely N-dealkylation sites (N-methyl/N-ethyl adjacent to an activating group) is 2. The van der Waals surface area contributed by atoms with Crippen molar-refractivity contribution in [3.8, 4) is 0 Å². The lowest BCUT2D eigenvalue weighted by molar-refractivity contribution is -0.147. The number of likely N-dealkylation sites (tertiary alicyclic amines) is 2. The van der Waals surface area contributed by atoms with E-state index in [1.165, 1.54) is 36.6 Å². The Morgan fingerprint density at radius 2 is 1.58 bits per heavy atom. The van der Waals surface area contributed by atoms with Crippen molar-refractivity contribution in [3.63, 3.8) is 0 Å². The van der Waals surface area contributed by atoms with Gasteiger partial charge in [-0.25, -0.2) is 0 Å². The Morgan fingerprint density at radius 1 is 0.930 bits per heavy atom. The Labute approximate surface area is 262 Å². The molecule has 2 aromatic rings. The van der Waals surface area contributed by atoms with Crippen LogP contribution in [0.3, 0.4) is 0 Å². The summed E-state index contributed by atoms with van der Waals surface area (Å²) < 4.78 is 40.9. The molecule has 0 spiro atoms. The number of amides is 2. The maximum absolute atomic E-state index is 13.6. The molecule has 2 saturated heterocycles. The van der Waals surface area contributed by atoms with E-state index >= 15 is 0 Å². The minimum absolute atomic E-state index is 0.169. The molecule has 11 heteroatoms. The number of benzene rings is 2. The molecule has 2 aromatic carbocycles. The maximum Gasteiger partial charge on any atom is 0.417 e. The van der Waals surface area contributed by atoms with Crippen molar-refractivity contribution < 1.29 is 22.8 Å². The second-order valence-corrected chi connectivity index (χ2v) is 12.8. The Morgan fingerprint density at radius 3 is 2.19 bits per heavy atom. The van der Waals surface area contributed by atoms with Crippen molar-refractivity contribution in [3.05, 3.63) is 69.2 Å². The Balaban J connectivity index is 1.49. The van der Waals surface area contributed by atoms with Gasteiger partial charge in [0, 0.05) is 46.7 Å². The molecule has 2 heterocycles. The molecule has 0 N–H and O–H groups in total. The predicted octanol–water partition coefficient (Wildman–Crippen LogP) is 6.67. The number of nitrogens with zero attached hydrogens (tertiary/aromatic N) is 4.